The largest absolute Gasteiger partial charge is 0.456 e. The molecule has 306 valence electrons. The molecule has 13 rings (SSSR count). The average molecular weight is 830 g/mol. The molecule has 11 aromatic carbocycles. The van der Waals surface area contributed by atoms with E-state index in [2.05, 4.69) is 243 Å². The highest BCUT2D eigenvalue weighted by atomic mass is 16.3. The fourth-order valence-corrected chi connectivity index (χ4v) is 11.0. The van der Waals surface area contributed by atoms with Gasteiger partial charge in [-0.1, -0.05) is 190 Å². The lowest BCUT2D eigenvalue weighted by Crippen LogP contribution is -2.16. The quantitative estimate of drug-likeness (QED) is 0.155. The van der Waals surface area contributed by atoms with Crippen LogP contribution < -0.4 is 4.90 Å². The lowest BCUT2D eigenvalue weighted by molar-refractivity contribution is 0.660. The molecular weight excluding hydrogens is 787 g/mol. The summed E-state index contributed by atoms with van der Waals surface area (Å²) < 4.78 is 6.54. The van der Waals surface area contributed by atoms with E-state index < -0.39 is 0 Å². The molecule has 1 aliphatic carbocycles. The van der Waals surface area contributed by atoms with Gasteiger partial charge in [0.1, 0.15) is 11.2 Å². The third-order valence-corrected chi connectivity index (χ3v) is 14.0. The lowest BCUT2D eigenvalue weighted by Gasteiger charge is -2.32. The molecule has 0 atom stereocenters. The van der Waals surface area contributed by atoms with E-state index in [1.165, 1.54) is 65.7 Å². The van der Waals surface area contributed by atoms with E-state index in [0.717, 1.165) is 61.3 Å². The van der Waals surface area contributed by atoms with Crippen LogP contribution in [0, 0.1) is 0 Å². The van der Waals surface area contributed by atoms with Crippen LogP contribution in [0.3, 0.4) is 0 Å². The molecule has 0 fully saturated rings. The second-order valence-corrected chi connectivity index (χ2v) is 18.0. The first kappa shape index (κ1) is 37.4. The van der Waals surface area contributed by atoms with Crippen molar-refractivity contribution in [3.63, 3.8) is 0 Å². The Hall–Kier alpha value is -8.20. The Balaban J connectivity index is 1.14. The molecule has 0 spiro atoms. The summed E-state index contributed by atoms with van der Waals surface area (Å²) in [6.07, 6.45) is 0. The predicted octanol–water partition coefficient (Wildman–Crippen LogP) is 17.8. The molecule has 0 unspecified atom stereocenters. The molecule has 0 amide bonds. The molecule has 0 bridgehead atoms. The number of furan rings is 1. The summed E-state index contributed by atoms with van der Waals surface area (Å²) in [5.74, 6) is 0. The van der Waals surface area contributed by atoms with E-state index in [4.69, 9.17) is 4.42 Å². The summed E-state index contributed by atoms with van der Waals surface area (Å²) in [5.41, 5.74) is 17.1. The van der Waals surface area contributed by atoms with Crippen molar-refractivity contribution in [1.29, 1.82) is 0 Å². The van der Waals surface area contributed by atoms with Gasteiger partial charge in [-0.05, 0) is 125 Å². The third-order valence-electron chi connectivity index (χ3n) is 14.0. The summed E-state index contributed by atoms with van der Waals surface area (Å²) in [5, 5.41) is 9.64. The third kappa shape index (κ3) is 5.74. The Kier molecular flexibility index (Phi) is 8.29. The van der Waals surface area contributed by atoms with Gasteiger partial charge in [0, 0.05) is 33.0 Å². The smallest absolute Gasteiger partial charge is 0.136 e. The predicted molar refractivity (Wildman–Crippen MR) is 275 cm³/mol. The maximum Gasteiger partial charge on any atom is 0.136 e. The molecular formula is C63H43NO. The van der Waals surface area contributed by atoms with Crippen LogP contribution in [0.1, 0.15) is 25.0 Å². The average Bonchev–Trinajstić information content (AvgIpc) is 3.86. The molecule has 12 aromatic rings. The highest BCUT2D eigenvalue weighted by molar-refractivity contribution is 6.16. The number of para-hydroxylation sites is 1. The van der Waals surface area contributed by atoms with Crippen LogP contribution in [0.15, 0.2) is 229 Å². The van der Waals surface area contributed by atoms with Gasteiger partial charge >= 0.3 is 0 Å². The molecule has 2 nitrogen and oxygen atoms in total. The first-order valence-corrected chi connectivity index (χ1v) is 22.6. The Morgan fingerprint density at radius 1 is 0.354 bits per heavy atom. The summed E-state index contributed by atoms with van der Waals surface area (Å²) in [6, 6.07) is 82.5. The van der Waals surface area contributed by atoms with Crippen LogP contribution in [0.2, 0.25) is 0 Å². The van der Waals surface area contributed by atoms with Crippen LogP contribution in [0.5, 0.6) is 0 Å². The van der Waals surface area contributed by atoms with E-state index >= 15 is 0 Å². The SMILES string of the molecule is CC1(C)c2ccccc2-c2c(N(c3cccc(-c4cc5ccccc5c5ccccc45)c3)c3cccc(-c4cccc5oc6ccccc6c45)c3-c3ccc4ccccc4c3)cccc21. The molecule has 0 aliphatic heterocycles. The minimum Gasteiger partial charge on any atom is -0.456 e. The molecule has 0 saturated carbocycles. The fraction of sp³-hybridized carbons (Fsp3) is 0.0476. The van der Waals surface area contributed by atoms with E-state index in [0.29, 0.717) is 0 Å². The van der Waals surface area contributed by atoms with Gasteiger partial charge in [0.2, 0.25) is 0 Å². The highest BCUT2D eigenvalue weighted by Gasteiger charge is 2.38. The van der Waals surface area contributed by atoms with Crippen molar-refractivity contribution in [2.45, 2.75) is 19.3 Å². The minimum atomic E-state index is -0.180. The Morgan fingerprint density at radius 3 is 1.85 bits per heavy atom. The van der Waals surface area contributed by atoms with Crippen molar-refractivity contribution in [2.24, 2.45) is 0 Å². The molecule has 0 N–H and O–H groups in total. The van der Waals surface area contributed by atoms with Crippen LogP contribution in [0.4, 0.5) is 17.1 Å². The zero-order valence-electron chi connectivity index (χ0n) is 36.2. The molecule has 0 radical (unpaired) electrons. The molecule has 2 heteroatoms. The zero-order chi connectivity index (χ0) is 43.2. The van der Waals surface area contributed by atoms with E-state index in [-0.39, 0.29) is 5.41 Å². The number of nitrogens with zero attached hydrogens (tertiary/aromatic N) is 1. The van der Waals surface area contributed by atoms with E-state index in [1.54, 1.807) is 0 Å². The second-order valence-electron chi connectivity index (χ2n) is 18.0. The maximum absolute atomic E-state index is 6.54. The van der Waals surface area contributed by atoms with Crippen molar-refractivity contribution in [3.8, 4) is 44.5 Å². The van der Waals surface area contributed by atoms with Crippen molar-refractivity contribution >= 4 is 71.3 Å². The first-order chi connectivity index (χ1) is 32.0. The number of hydrogen-bond donors (Lipinski definition) is 0. The van der Waals surface area contributed by atoms with Crippen molar-refractivity contribution in [1.82, 2.24) is 0 Å². The fourth-order valence-electron chi connectivity index (χ4n) is 11.0. The van der Waals surface area contributed by atoms with E-state index in [9.17, 15) is 0 Å². The summed E-state index contributed by atoms with van der Waals surface area (Å²) in [7, 11) is 0. The molecule has 1 aromatic heterocycles. The standard InChI is InChI=1S/C63H43NO/c1-63(2)54-29-11-9-25-51(54)62-55(63)30-16-32-57(62)64(45-21-13-20-42(38-45)53-39-43-19-5-6-22-46(43)47-23-7-8-24-48(47)53)56-31-14-27-49(60(56)44-36-35-40-17-3-4-18-41(40)37-44)50-28-15-34-59-61(50)52-26-10-12-33-58(52)65-59/h3-39H,1-2H3. The van der Waals surface area contributed by atoms with Gasteiger partial charge in [-0.2, -0.15) is 0 Å². The van der Waals surface area contributed by atoms with Crippen LogP contribution in [0.25, 0.3) is 98.8 Å². The summed E-state index contributed by atoms with van der Waals surface area (Å²) in [4.78, 5) is 2.55. The molecule has 0 saturated heterocycles. The normalized spacial score (nSPS) is 12.9. The summed E-state index contributed by atoms with van der Waals surface area (Å²) >= 11 is 0. The number of benzene rings is 11. The minimum absolute atomic E-state index is 0.180. The van der Waals surface area contributed by atoms with Crippen molar-refractivity contribution < 1.29 is 4.42 Å². The lowest BCUT2D eigenvalue weighted by atomic mass is 9.82. The van der Waals surface area contributed by atoms with Gasteiger partial charge in [0.25, 0.3) is 0 Å². The Bertz CT molecular complexity index is 3890. The van der Waals surface area contributed by atoms with Gasteiger partial charge in [0.15, 0.2) is 0 Å². The van der Waals surface area contributed by atoms with Gasteiger partial charge in [-0.15, -0.1) is 0 Å². The maximum atomic E-state index is 6.54. The Morgan fingerprint density at radius 2 is 0.969 bits per heavy atom. The van der Waals surface area contributed by atoms with Crippen LogP contribution >= 0.6 is 0 Å². The topological polar surface area (TPSA) is 16.4 Å². The van der Waals surface area contributed by atoms with E-state index in [1.807, 2.05) is 0 Å². The van der Waals surface area contributed by atoms with Gasteiger partial charge < -0.3 is 9.32 Å². The second kappa shape index (κ2) is 14.4. The number of hydrogen-bond acceptors (Lipinski definition) is 2. The van der Waals surface area contributed by atoms with Crippen molar-refractivity contribution in [3.05, 3.63) is 236 Å². The monoisotopic (exact) mass is 829 g/mol. The zero-order valence-corrected chi connectivity index (χ0v) is 36.2. The van der Waals surface area contributed by atoms with Crippen LogP contribution in [-0.2, 0) is 5.41 Å². The number of rotatable bonds is 6. The van der Waals surface area contributed by atoms with Gasteiger partial charge in [0.05, 0.1) is 11.4 Å². The molecule has 65 heavy (non-hydrogen) atoms. The highest BCUT2D eigenvalue weighted by Crippen LogP contribution is 2.56. The molecule has 1 heterocycles. The van der Waals surface area contributed by atoms with Crippen molar-refractivity contribution in [2.75, 3.05) is 4.90 Å². The molecule has 1 aliphatic rings. The van der Waals surface area contributed by atoms with Crippen LogP contribution in [-0.4, -0.2) is 0 Å². The van der Waals surface area contributed by atoms with Gasteiger partial charge in [-0.3, -0.25) is 0 Å². The first-order valence-electron chi connectivity index (χ1n) is 22.6. The number of fused-ring (bicyclic) bond motifs is 10. The Labute approximate surface area is 378 Å². The summed E-state index contributed by atoms with van der Waals surface area (Å²) in [6.45, 7) is 4.74. The van der Waals surface area contributed by atoms with Gasteiger partial charge in [-0.25, -0.2) is 0 Å². The number of anilines is 3.